The van der Waals surface area contributed by atoms with Crippen LogP contribution >= 0.6 is 0 Å². The molecule has 1 aromatic heterocycles. The van der Waals surface area contributed by atoms with Crippen LogP contribution in [0.4, 0.5) is 0 Å². The van der Waals surface area contributed by atoms with Gasteiger partial charge in [-0.1, -0.05) is 25.3 Å². The van der Waals surface area contributed by atoms with Gasteiger partial charge in [0.05, 0.1) is 5.35 Å². The largest absolute Gasteiger partial charge is 0.298 e. The highest BCUT2D eigenvalue weighted by Crippen LogP contribution is 1.81. The van der Waals surface area contributed by atoms with Crippen LogP contribution in [-0.4, -0.2) is 11.3 Å². The van der Waals surface area contributed by atoms with Gasteiger partial charge < -0.3 is 0 Å². The molecular formula is C10H9NO. The molecule has 0 atom stereocenters. The minimum atomic E-state index is 0.551. The molecule has 0 bridgehead atoms. The number of hydrogen-bond donors (Lipinski definition) is 0. The Morgan fingerprint density at radius 3 is 2.83 bits per heavy atom. The van der Waals surface area contributed by atoms with Crippen molar-refractivity contribution in [2.45, 2.75) is 0 Å². The Kier molecular flexibility index (Phi) is 2.53. The molecule has 0 aliphatic carbocycles. The molecule has 0 fully saturated rings. The van der Waals surface area contributed by atoms with E-state index in [2.05, 4.69) is 18.1 Å². The molecule has 0 saturated carbocycles. The van der Waals surface area contributed by atoms with E-state index in [1.807, 2.05) is 0 Å². The molecule has 0 N–H and O–H groups in total. The summed E-state index contributed by atoms with van der Waals surface area (Å²) in [5.41, 5.74) is 0.551. The molecule has 0 aliphatic heterocycles. The second kappa shape index (κ2) is 3.62. The summed E-state index contributed by atoms with van der Waals surface area (Å²) in [6, 6.07) is 1.73. The molecule has 2 nitrogen and oxygen atoms in total. The van der Waals surface area contributed by atoms with Gasteiger partial charge in [-0.2, -0.15) is 0 Å². The first-order chi connectivity index (χ1) is 5.77. The molecule has 1 aromatic rings. The van der Waals surface area contributed by atoms with Crippen LogP contribution < -0.4 is 10.6 Å². The van der Waals surface area contributed by atoms with Gasteiger partial charge in [0.15, 0.2) is 6.29 Å². The smallest absolute Gasteiger partial charge is 0.151 e. The van der Waals surface area contributed by atoms with Gasteiger partial charge in [-0.05, 0) is 6.07 Å². The lowest BCUT2D eigenvalue weighted by molar-refractivity contribution is 0.112. The quantitative estimate of drug-likeness (QED) is 0.580. The van der Waals surface area contributed by atoms with Crippen LogP contribution in [0.1, 0.15) is 10.4 Å². The standard InChI is InChI=1S/C10H9NO/c1-3-4-10-5-9(7-12)6-11-8(10)2/h3-7H,1-2H2/b10-4-. The molecule has 0 spiro atoms. The predicted octanol–water partition coefficient (Wildman–Crippen LogP) is 0.271. The van der Waals surface area contributed by atoms with Gasteiger partial charge in [-0.25, -0.2) is 0 Å². The van der Waals surface area contributed by atoms with E-state index in [0.29, 0.717) is 10.9 Å². The summed E-state index contributed by atoms with van der Waals surface area (Å²) in [6.45, 7) is 7.26. The molecule has 0 radical (unpaired) electrons. The van der Waals surface area contributed by atoms with Crippen LogP contribution in [0.3, 0.4) is 0 Å². The third kappa shape index (κ3) is 1.66. The van der Waals surface area contributed by atoms with Crippen LogP contribution in [0.25, 0.3) is 12.7 Å². The average molecular weight is 159 g/mol. The fourth-order valence-electron chi connectivity index (χ4n) is 0.863. The second-order valence-electron chi connectivity index (χ2n) is 2.32. The highest BCUT2D eigenvalue weighted by Gasteiger charge is 1.88. The number of rotatable bonds is 2. The fraction of sp³-hybridized carbons (Fsp3) is 0. The Bertz CT molecular complexity index is 406. The Labute approximate surface area is 70.6 Å². The first-order valence-corrected chi connectivity index (χ1v) is 3.51. The number of carbonyl (C=O) groups is 1. The van der Waals surface area contributed by atoms with E-state index in [0.717, 1.165) is 11.5 Å². The number of aldehydes is 1. The summed E-state index contributed by atoms with van der Waals surface area (Å²) >= 11 is 0. The van der Waals surface area contributed by atoms with Crippen molar-refractivity contribution >= 4 is 18.9 Å². The number of nitrogens with zero attached hydrogens (tertiary/aromatic N) is 1. The van der Waals surface area contributed by atoms with Crippen LogP contribution in [0.15, 0.2) is 24.9 Å². The lowest BCUT2D eigenvalue weighted by Gasteiger charge is -1.89. The first-order valence-electron chi connectivity index (χ1n) is 3.51. The molecule has 0 aliphatic rings. The van der Waals surface area contributed by atoms with Crippen molar-refractivity contribution in [3.8, 4) is 0 Å². The molecule has 0 unspecified atom stereocenters. The lowest BCUT2D eigenvalue weighted by atomic mass is 10.2. The lowest BCUT2D eigenvalue weighted by Crippen LogP contribution is -2.26. The summed E-state index contributed by atoms with van der Waals surface area (Å²) in [5.74, 6) is 0. The third-order valence-electron chi connectivity index (χ3n) is 1.46. The van der Waals surface area contributed by atoms with Crippen molar-refractivity contribution in [2.24, 2.45) is 0 Å². The van der Waals surface area contributed by atoms with E-state index in [1.165, 1.54) is 6.20 Å². The van der Waals surface area contributed by atoms with Gasteiger partial charge in [0, 0.05) is 17.0 Å². The topological polar surface area (TPSA) is 30.0 Å². The molecule has 0 saturated heterocycles. The van der Waals surface area contributed by atoms with E-state index in [9.17, 15) is 4.79 Å². The zero-order valence-corrected chi connectivity index (χ0v) is 6.66. The maximum atomic E-state index is 10.4. The second-order valence-corrected chi connectivity index (χ2v) is 2.32. The fourth-order valence-corrected chi connectivity index (χ4v) is 0.863. The summed E-state index contributed by atoms with van der Waals surface area (Å²) in [6.07, 6.45) is 5.66. The van der Waals surface area contributed by atoms with Crippen molar-refractivity contribution in [2.75, 3.05) is 0 Å². The SMILES string of the molecule is C=C/C=c1/cc(C=O)cnc1=C. The van der Waals surface area contributed by atoms with Gasteiger partial charge in [0.2, 0.25) is 0 Å². The van der Waals surface area contributed by atoms with Crippen molar-refractivity contribution in [1.82, 2.24) is 4.98 Å². The molecule has 2 heteroatoms. The molecule has 60 valence electrons. The first kappa shape index (κ1) is 8.40. The van der Waals surface area contributed by atoms with Crippen molar-refractivity contribution in [3.63, 3.8) is 0 Å². The zero-order chi connectivity index (χ0) is 8.97. The van der Waals surface area contributed by atoms with E-state index >= 15 is 0 Å². The Morgan fingerprint density at radius 2 is 2.25 bits per heavy atom. The van der Waals surface area contributed by atoms with Crippen molar-refractivity contribution in [1.29, 1.82) is 0 Å². The zero-order valence-electron chi connectivity index (χ0n) is 6.66. The highest BCUT2D eigenvalue weighted by atomic mass is 16.1. The molecule has 1 heterocycles. The third-order valence-corrected chi connectivity index (χ3v) is 1.46. The van der Waals surface area contributed by atoms with Gasteiger partial charge in [0.1, 0.15) is 0 Å². The summed E-state index contributed by atoms with van der Waals surface area (Å²) in [7, 11) is 0. The maximum Gasteiger partial charge on any atom is 0.151 e. The molecule has 0 aromatic carbocycles. The van der Waals surface area contributed by atoms with Crippen LogP contribution in [0.5, 0.6) is 0 Å². The van der Waals surface area contributed by atoms with E-state index < -0.39 is 0 Å². The van der Waals surface area contributed by atoms with Crippen molar-refractivity contribution in [3.05, 3.63) is 41.0 Å². The number of aromatic nitrogens is 1. The molecule has 12 heavy (non-hydrogen) atoms. The summed E-state index contributed by atoms with van der Waals surface area (Å²) in [5, 5.41) is 1.48. The Balaban J connectivity index is 3.46. The normalized spacial score (nSPS) is 11.2. The minimum Gasteiger partial charge on any atom is -0.298 e. The van der Waals surface area contributed by atoms with Gasteiger partial charge in [0.25, 0.3) is 0 Å². The van der Waals surface area contributed by atoms with Crippen molar-refractivity contribution < 1.29 is 4.79 Å². The van der Waals surface area contributed by atoms with Crippen LogP contribution in [0.2, 0.25) is 0 Å². The number of pyridine rings is 1. The van der Waals surface area contributed by atoms with E-state index in [-0.39, 0.29) is 0 Å². The average Bonchev–Trinajstić information content (AvgIpc) is 2.09. The Morgan fingerprint density at radius 1 is 1.50 bits per heavy atom. The minimum absolute atomic E-state index is 0.551. The van der Waals surface area contributed by atoms with Crippen LogP contribution in [0, 0.1) is 0 Å². The Hall–Kier alpha value is -1.70. The van der Waals surface area contributed by atoms with Crippen LogP contribution in [-0.2, 0) is 0 Å². The van der Waals surface area contributed by atoms with Gasteiger partial charge in [-0.15, -0.1) is 0 Å². The summed E-state index contributed by atoms with van der Waals surface area (Å²) in [4.78, 5) is 14.3. The molecule has 0 amide bonds. The maximum absolute atomic E-state index is 10.4. The number of allylic oxidation sites excluding steroid dienone is 1. The molecular weight excluding hydrogens is 150 g/mol. The van der Waals surface area contributed by atoms with Gasteiger partial charge >= 0.3 is 0 Å². The van der Waals surface area contributed by atoms with Gasteiger partial charge in [-0.3, -0.25) is 9.78 Å². The van der Waals surface area contributed by atoms with E-state index in [1.54, 1.807) is 18.2 Å². The number of hydrogen-bond acceptors (Lipinski definition) is 2. The van der Waals surface area contributed by atoms with E-state index in [4.69, 9.17) is 0 Å². The molecule has 1 rings (SSSR count). The number of carbonyl (C=O) groups excluding carboxylic acids is 1. The predicted molar refractivity (Wildman–Crippen MR) is 49.1 cm³/mol. The summed E-state index contributed by atoms with van der Waals surface area (Å²) < 4.78 is 0. The monoisotopic (exact) mass is 159 g/mol. The highest BCUT2D eigenvalue weighted by molar-refractivity contribution is 5.74.